The lowest BCUT2D eigenvalue weighted by Crippen LogP contribution is -2.54. The van der Waals surface area contributed by atoms with E-state index in [9.17, 15) is 22.1 Å². The third kappa shape index (κ3) is 5.93. The molecule has 0 amide bonds. The van der Waals surface area contributed by atoms with Crippen LogP contribution in [0.4, 0.5) is 5.69 Å². The van der Waals surface area contributed by atoms with E-state index < -0.39 is 31.7 Å². The number of ether oxygens (including phenoxy) is 1. The minimum Gasteiger partial charge on any atom is -0.487 e. The fourth-order valence-corrected chi connectivity index (χ4v) is 7.31. The molecule has 1 aliphatic carbocycles. The third-order valence-electron chi connectivity index (χ3n) is 7.71. The maximum atomic E-state index is 12.2. The first-order valence-corrected chi connectivity index (χ1v) is 16.2. The third-order valence-corrected chi connectivity index (χ3v) is 9.03. The van der Waals surface area contributed by atoms with E-state index in [1.165, 1.54) is 11.1 Å². The summed E-state index contributed by atoms with van der Waals surface area (Å²) in [7, 11) is -6.98. The van der Waals surface area contributed by atoms with Crippen LogP contribution in [0.25, 0.3) is 0 Å². The molecule has 2 aliphatic heterocycles. The predicted octanol–water partition coefficient (Wildman–Crippen LogP) is 2.69. The molecule has 2 atom stereocenters. The molecule has 198 valence electrons. The number of likely N-dealkylation sites (tertiary alicyclic amines) is 1. The molecule has 2 aromatic rings. The van der Waals surface area contributed by atoms with Crippen LogP contribution in [0.3, 0.4) is 0 Å². The van der Waals surface area contributed by atoms with Crippen molar-refractivity contribution in [3.8, 4) is 11.8 Å². The van der Waals surface area contributed by atoms with Crippen LogP contribution < -0.4 is 14.2 Å². The van der Waals surface area contributed by atoms with Gasteiger partial charge in [-0.1, -0.05) is 6.07 Å². The maximum absolute atomic E-state index is 12.2. The van der Waals surface area contributed by atoms with Gasteiger partial charge in [0.15, 0.2) is 0 Å². The Bertz CT molecular complexity index is 1460. The molecule has 5 rings (SSSR count). The lowest BCUT2D eigenvalue weighted by atomic mass is 9.79. The van der Waals surface area contributed by atoms with Crippen molar-refractivity contribution >= 4 is 25.7 Å². The summed E-state index contributed by atoms with van der Waals surface area (Å²) in [4.78, 5) is 2.52. The van der Waals surface area contributed by atoms with Crippen molar-refractivity contribution in [1.82, 2.24) is 9.62 Å². The molecule has 0 unspecified atom stereocenters. The average molecular weight is 545 g/mol. The molecule has 37 heavy (non-hydrogen) atoms. The maximum Gasteiger partial charge on any atom is 0.229 e. The minimum absolute atomic E-state index is 0.371. The molecule has 0 radical (unpaired) electrons. The van der Waals surface area contributed by atoms with Gasteiger partial charge in [-0.2, -0.15) is 5.26 Å². The SMILES string of the molecule is CS(=O)(=O)Nc1ccc2c(c1)[C@@H](NS(C)(=O)=O)CC1(CCN([C@@H]3CCc4cc(C#N)ccc4C3)CC1)O2. The second-order valence-electron chi connectivity index (χ2n) is 10.6. The fourth-order valence-electron chi connectivity index (χ4n) is 6.03. The standard InChI is InChI=1S/C26H32N4O5S2/c1-36(31,32)28-21-6-8-25-23(15-21)24(29-37(2,33)34)16-26(35-25)9-11-30(12-10-26)22-7-5-19-13-18(17-27)3-4-20(19)14-22/h3-4,6,8,13,15,22,24,28-29H,5,7,9-12,14,16H2,1-2H3/t22-,24+/m1/s1. The van der Waals surface area contributed by atoms with E-state index >= 15 is 0 Å². The molecule has 11 heteroatoms. The number of hydrogen-bond donors (Lipinski definition) is 2. The van der Waals surface area contributed by atoms with Crippen LogP contribution in [0.2, 0.25) is 0 Å². The van der Waals surface area contributed by atoms with Gasteiger partial charge in [0.2, 0.25) is 20.0 Å². The summed E-state index contributed by atoms with van der Waals surface area (Å²) in [6, 6.07) is 13.2. The van der Waals surface area contributed by atoms with Gasteiger partial charge in [-0.3, -0.25) is 9.62 Å². The summed E-state index contributed by atoms with van der Waals surface area (Å²) < 4.78 is 59.6. The second kappa shape index (κ2) is 9.58. The number of anilines is 1. The van der Waals surface area contributed by atoms with Gasteiger partial charge in [-0.25, -0.2) is 21.6 Å². The van der Waals surface area contributed by atoms with Crippen molar-refractivity contribution in [2.75, 3.05) is 30.3 Å². The van der Waals surface area contributed by atoms with Crippen LogP contribution in [-0.2, 0) is 32.9 Å². The Kier molecular flexibility index (Phi) is 6.73. The van der Waals surface area contributed by atoms with E-state index in [2.05, 4.69) is 26.5 Å². The number of benzene rings is 2. The predicted molar refractivity (Wildman–Crippen MR) is 141 cm³/mol. The van der Waals surface area contributed by atoms with Crippen LogP contribution in [0.1, 0.15) is 54.0 Å². The fraction of sp³-hybridized carbons (Fsp3) is 0.500. The summed E-state index contributed by atoms with van der Waals surface area (Å²) >= 11 is 0. The number of hydrogen-bond acceptors (Lipinski definition) is 7. The topological polar surface area (TPSA) is 129 Å². The number of fused-ring (bicyclic) bond motifs is 2. The summed E-state index contributed by atoms with van der Waals surface area (Å²) in [6.45, 7) is 1.70. The molecule has 0 bridgehead atoms. The van der Waals surface area contributed by atoms with Gasteiger partial charge in [0.05, 0.1) is 30.2 Å². The summed E-state index contributed by atoms with van der Waals surface area (Å²) in [5.74, 6) is 0.583. The van der Waals surface area contributed by atoms with E-state index in [4.69, 9.17) is 4.74 Å². The van der Waals surface area contributed by atoms with Crippen molar-refractivity contribution < 1.29 is 21.6 Å². The molecule has 1 fully saturated rings. The van der Waals surface area contributed by atoms with E-state index in [0.29, 0.717) is 35.0 Å². The van der Waals surface area contributed by atoms with Crippen molar-refractivity contribution in [1.29, 1.82) is 5.26 Å². The van der Waals surface area contributed by atoms with E-state index in [-0.39, 0.29) is 0 Å². The minimum atomic E-state index is -3.51. The highest BCUT2D eigenvalue weighted by Crippen LogP contribution is 2.46. The van der Waals surface area contributed by atoms with Crippen molar-refractivity contribution in [2.45, 2.75) is 56.2 Å². The lowest BCUT2D eigenvalue weighted by molar-refractivity contribution is -0.0336. The first-order valence-electron chi connectivity index (χ1n) is 12.5. The molecular formula is C26H32N4O5S2. The Hall–Kier alpha value is -2.65. The number of nitriles is 1. The molecule has 0 saturated carbocycles. The highest BCUT2D eigenvalue weighted by Gasteiger charge is 2.45. The Morgan fingerprint density at radius 2 is 1.78 bits per heavy atom. The van der Waals surface area contributed by atoms with Gasteiger partial charge in [-0.15, -0.1) is 0 Å². The monoisotopic (exact) mass is 544 g/mol. The number of nitrogens with zero attached hydrogens (tertiary/aromatic N) is 2. The quantitative estimate of drug-likeness (QED) is 0.592. The number of nitrogens with one attached hydrogen (secondary N) is 2. The zero-order chi connectivity index (χ0) is 26.4. The molecular weight excluding hydrogens is 512 g/mol. The van der Waals surface area contributed by atoms with E-state index in [1.807, 2.05) is 12.1 Å². The zero-order valence-corrected chi connectivity index (χ0v) is 22.7. The highest BCUT2D eigenvalue weighted by molar-refractivity contribution is 7.92. The van der Waals surface area contributed by atoms with Gasteiger partial charge < -0.3 is 4.74 Å². The van der Waals surface area contributed by atoms with Gasteiger partial charge in [0.1, 0.15) is 11.4 Å². The van der Waals surface area contributed by atoms with Crippen LogP contribution in [0.15, 0.2) is 36.4 Å². The van der Waals surface area contributed by atoms with Gasteiger partial charge in [0, 0.05) is 36.8 Å². The number of sulfonamides is 2. The molecule has 0 aromatic heterocycles. The Morgan fingerprint density at radius 1 is 1.03 bits per heavy atom. The number of rotatable bonds is 5. The first-order chi connectivity index (χ1) is 17.4. The molecule has 2 N–H and O–H groups in total. The van der Waals surface area contributed by atoms with Crippen LogP contribution >= 0.6 is 0 Å². The Balaban J connectivity index is 1.32. The summed E-state index contributed by atoms with van der Waals surface area (Å²) in [5, 5.41) is 9.18. The van der Waals surface area contributed by atoms with Crippen molar-refractivity contribution in [3.63, 3.8) is 0 Å². The second-order valence-corrected chi connectivity index (χ2v) is 14.1. The van der Waals surface area contributed by atoms with E-state index in [0.717, 1.165) is 57.7 Å². The van der Waals surface area contributed by atoms with Crippen LogP contribution in [0, 0.1) is 11.3 Å². The van der Waals surface area contributed by atoms with Gasteiger partial charge in [0.25, 0.3) is 0 Å². The van der Waals surface area contributed by atoms with Gasteiger partial charge >= 0.3 is 0 Å². The van der Waals surface area contributed by atoms with Crippen LogP contribution in [-0.4, -0.2) is 59.0 Å². The lowest BCUT2D eigenvalue weighted by Gasteiger charge is -2.49. The smallest absolute Gasteiger partial charge is 0.229 e. The normalized spacial score (nSPS) is 23.4. The summed E-state index contributed by atoms with van der Waals surface area (Å²) in [6.07, 6.45) is 7.21. The molecule has 1 saturated heterocycles. The number of aryl methyl sites for hydroxylation is 1. The van der Waals surface area contributed by atoms with Crippen molar-refractivity contribution in [2.24, 2.45) is 0 Å². The zero-order valence-electron chi connectivity index (χ0n) is 21.0. The highest BCUT2D eigenvalue weighted by atomic mass is 32.2. The van der Waals surface area contributed by atoms with Crippen LogP contribution in [0.5, 0.6) is 5.75 Å². The van der Waals surface area contributed by atoms with Crippen molar-refractivity contribution in [3.05, 3.63) is 58.7 Å². The molecule has 1 spiro atoms. The summed E-state index contributed by atoms with van der Waals surface area (Å²) in [5.41, 5.74) is 3.81. The average Bonchev–Trinajstić information content (AvgIpc) is 2.82. The largest absolute Gasteiger partial charge is 0.487 e. The molecule has 2 heterocycles. The van der Waals surface area contributed by atoms with Gasteiger partial charge in [-0.05, 0) is 73.6 Å². The Labute approximate surface area is 218 Å². The Morgan fingerprint density at radius 3 is 2.46 bits per heavy atom. The molecule has 2 aromatic carbocycles. The molecule has 3 aliphatic rings. The first kappa shape index (κ1) is 26.0. The number of piperidine rings is 1. The molecule has 9 nitrogen and oxygen atoms in total. The van der Waals surface area contributed by atoms with E-state index in [1.54, 1.807) is 18.2 Å².